The number of sulfonamides is 1. The predicted octanol–water partition coefficient (Wildman–Crippen LogP) is 1.98. The Kier molecular flexibility index (Phi) is 3.36. The van der Waals surface area contributed by atoms with Crippen LogP contribution in [-0.4, -0.2) is 34.4 Å². The van der Waals surface area contributed by atoms with Gasteiger partial charge >= 0.3 is 0 Å². The van der Waals surface area contributed by atoms with Crippen molar-refractivity contribution in [2.45, 2.75) is 17.9 Å². The molecule has 24 heavy (non-hydrogen) atoms. The van der Waals surface area contributed by atoms with Crippen LogP contribution < -0.4 is 0 Å². The summed E-state index contributed by atoms with van der Waals surface area (Å²) in [6.07, 6.45) is 3.72. The number of H-pyrrole nitrogens is 1. The van der Waals surface area contributed by atoms with Crippen LogP contribution in [0.4, 0.5) is 8.78 Å². The molecule has 0 amide bonds. The summed E-state index contributed by atoms with van der Waals surface area (Å²) in [5.41, 5.74) is 2.38. The van der Waals surface area contributed by atoms with Crippen LogP contribution >= 0.6 is 0 Å². The van der Waals surface area contributed by atoms with E-state index in [4.69, 9.17) is 0 Å². The van der Waals surface area contributed by atoms with Crippen molar-refractivity contribution in [2.75, 3.05) is 6.54 Å². The van der Waals surface area contributed by atoms with Gasteiger partial charge in [-0.1, -0.05) is 0 Å². The molecule has 1 aliphatic heterocycles. The van der Waals surface area contributed by atoms with E-state index in [9.17, 15) is 17.2 Å². The second-order valence-electron chi connectivity index (χ2n) is 5.56. The molecule has 1 aliphatic rings. The molecule has 0 atom stereocenters. The van der Waals surface area contributed by atoms with E-state index in [0.29, 0.717) is 18.1 Å². The standard InChI is InChI=1S/C15H12F2N4O2S/c16-10-1-2-14(13(17)5-10)24(22,23)21-4-3-11-9(8-21)6-18-15-12(11)7-19-20-15/h1-2,5-7H,3-4,8H2,(H,18,19,20). The van der Waals surface area contributed by atoms with E-state index in [0.717, 1.165) is 28.6 Å². The largest absolute Gasteiger partial charge is 0.261 e. The van der Waals surface area contributed by atoms with E-state index < -0.39 is 26.6 Å². The molecule has 0 fully saturated rings. The third-order valence-corrected chi connectivity index (χ3v) is 6.03. The fourth-order valence-electron chi connectivity index (χ4n) is 2.96. The second kappa shape index (κ2) is 5.32. The van der Waals surface area contributed by atoms with Crippen molar-refractivity contribution in [2.24, 2.45) is 0 Å². The Morgan fingerprint density at radius 3 is 2.83 bits per heavy atom. The summed E-state index contributed by atoms with van der Waals surface area (Å²) >= 11 is 0. The van der Waals surface area contributed by atoms with Gasteiger partial charge in [-0.15, -0.1) is 0 Å². The van der Waals surface area contributed by atoms with Gasteiger partial charge in [0.25, 0.3) is 0 Å². The van der Waals surface area contributed by atoms with Crippen LogP contribution in [-0.2, 0) is 23.0 Å². The number of fused-ring (bicyclic) bond motifs is 3. The first-order chi connectivity index (χ1) is 11.5. The van der Waals surface area contributed by atoms with Gasteiger partial charge in [0.05, 0.1) is 6.20 Å². The summed E-state index contributed by atoms with van der Waals surface area (Å²) in [5, 5.41) is 7.57. The third kappa shape index (κ3) is 2.28. The molecule has 0 spiro atoms. The zero-order valence-corrected chi connectivity index (χ0v) is 13.1. The summed E-state index contributed by atoms with van der Waals surface area (Å²) < 4.78 is 53.4. The molecule has 0 saturated heterocycles. The van der Waals surface area contributed by atoms with Crippen LogP contribution in [0.1, 0.15) is 11.1 Å². The van der Waals surface area contributed by atoms with Crippen molar-refractivity contribution in [1.82, 2.24) is 19.5 Å². The lowest BCUT2D eigenvalue weighted by molar-refractivity contribution is 0.388. The van der Waals surface area contributed by atoms with E-state index in [2.05, 4.69) is 15.2 Å². The molecule has 9 heteroatoms. The van der Waals surface area contributed by atoms with Crippen molar-refractivity contribution < 1.29 is 17.2 Å². The molecule has 1 N–H and O–H groups in total. The fourth-order valence-corrected chi connectivity index (χ4v) is 4.42. The van der Waals surface area contributed by atoms with Crippen molar-refractivity contribution in [3.63, 3.8) is 0 Å². The Hall–Kier alpha value is -2.39. The van der Waals surface area contributed by atoms with Crippen molar-refractivity contribution in [1.29, 1.82) is 0 Å². The molecule has 0 saturated carbocycles. The average Bonchev–Trinajstić information content (AvgIpc) is 3.03. The number of pyridine rings is 1. The van der Waals surface area contributed by atoms with E-state index in [1.165, 1.54) is 4.31 Å². The zero-order valence-electron chi connectivity index (χ0n) is 12.3. The first-order valence-corrected chi connectivity index (χ1v) is 8.66. The average molecular weight is 350 g/mol. The van der Waals surface area contributed by atoms with Gasteiger partial charge in [0, 0.05) is 30.7 Å². The fraction of sp³-hybridized carbons (Fsp3) is 0.200. The van der Waals surface area contributed by atoms with Gasteiger partial charge in [0.1, 0.15) is 16.5 Å². The highest BCUT2D eigenvalue weighted by molar-refractivity contribution is 7.89. The molecule has 4 rings (SSSR count). The normalized spacial score (nSPS) is 15.6. The number of halogens is 2. The second-order valence-corrected chi connectivity index (χ2v) is 7.46. The number of nitrogens with one attached hydrogen (secondary N) is 1. The van der Waals surface area contributed by atoms with Gasteiger partial charge in [-0.2, -0.15) is 9.40 Å². The number of aromatic amines is 1. The maximum Gasteiger partial charge on any atom is 0.246 e. The highest BCUT2D eigenvalue weighted by Crippen LogP contribution is 2.29. The Morgan fingerprint density at radius 2 is 2.04 bits per heavy atom. The molecule has 0 bridgehead atoms. The number of hydrogen-bond acceptors (Lipinski definition) is 4. The zero-order chi connectivity index (χ0) is 16.9. The molecule has 0 aliphatic carbocycles. The maximum atomic E-state index is 13.9. The molecular weight excluding hydrogens is 338 g/mol. The molecule has 6 nitrogen and oxygen atoms in total. The quantitative estimate of drug-likeness (QED) is 0.767. The van der Waals surface area contributed by atoms with Gasteiger partial charge < -0.3 is 0 Å². The monoisotopic (exact) mass is 350 g/mol. The highest BCUT2D eigenvalue weighted by Gasteiger charge is 2.31. The van der Waals surface area contributed by atoms with E-state index in [1.807, 2.05) is 0 Å². The van der Waals surface area contributed by atoms with E-state index >= 15 is 0 Å². The summed E-state index contributed by atoms with van der Waals surface area (Å²) in [6, 6.07) is 2.46. The van der Waals surface area contributed by atoms with Crippen molar-refractivity contribution in [3.05, 3.63) is 53.4 Å². The van der Waals surface area contributed by atoms with Gasteiger partial charge in [0.15, 0.2) is 5.65 Å². The highest BCUT2D eigenvalue weighted by atomic mass is 32.2. The van der Waals surface area contributed by atoms with Crippen molar-refractivity contribution in [3.8, 4) is 0 Å². The van der Waals surface area contributed by atoms with Gasteiger partial charge in [-0.05, 0) is 29.7 Å². The Bertz CT molecular complexity index is 1050. The predicted molar refractivity (Wildman–Crippen MR) is 81.5 cm³/mol. The lowest BCUT2D eigenvalue weighted by Gasteiger charge is -2.28. The van der Waals surface area contributed by atoms with Crippen LogP contribution in [0.15, 0.2) is 35.5 Å². The molecule has 3 aromatic rings. The van der Waals surface area contributed by atoms with Crippen LogP contribution in [0.5, 0.6) is 0 Å². The van der Waals surface area contributed by atoms with Crippen molar-refractivity contribution >= 4 is 21.1 Å². The molecule has 0 radical (unpaired) electrons. The smallest absolute Gasteiger partial charge is 0.246 e. The minimum atomic E-state index is -4.05. The van der Waals surface area contributed by atoms with Gasteiger partial charge in [-0.3, -0.25) is 5.10 Å². The van der Waals surface area contributed by atoms with Crippen LogP contribution in [0, 0.1) is 11.6 Å². The number of hydrogen-bond donors (Lipinski definition) is 1. The number of rotatable bonds is 2. The Balaban J connectivity index is 1.73. The molecule has 1 aromatic carbocycles. The molecule has 0 unspecified atom stereocenters. The lowest BCUT2D eigenvalue weighted by atomic mass is 10.0. The van der Waals surface area contributed by atoms with Crippen LogP contribution in [0.3, 0.4) is 0 Å². The van der Waals surface area contributed by atoms with Crippen LogP contribution in [0.2, 0.25) is 0 Å². The number of aromatic nitrogens is 3. The lowest BCUT2D eigenvalue weighted by Crippen LogP contribution is -2.36. The topological polar surface area (TPSA) is 79.0 Å². The minimum absolute atomic E-state index is 0.0859. The van der Waals surface area contributed by atoms with Gasteiger partial charge in [0.2, 0.25) is 10.0 Å². The number of benzene rings is 1. The summed E-state index contributed by atoms with van der Waals surface area (Å²) in [4.78, 5) is 3.69. The Labute approximate surface area is 136 Å². The first kappa shape index (κ1) is 15.2. The first-order valence-electron chi connectivity index (χ1n) is 7.22. The molecule has 124 valence electrons. The van der Waals surface area contributed by atoms with E-state index in [1.54, 1.807) is 12.4 Å². The minimum Gasteiger partial charge on any atom is -0.261 e. The Morgan fingerprint density at radius 1 is 1.21 bits per heavy atom. The molecular formula is C15H12F2N4O2S. The van der Waals surface area contributed by atoms with Crippen LogP contribution in [0.25, 0.3) is 11.0 Å². The summed E-state index contributed by atoms with van der Waals surface area (Å²) in [7, 11) is -4.05. The number of nitrogens with zero attached hydrogens (tertiary/aromatic N) is 3. The maximum absolute atomic E-state index is 13.9. The SMILES string of the molecule is O=S(=O)(c1ccc(F)cc1F)N1CCc2c(cnc3[nH]ncc23)C1. The van der Waals surface area contributed by atoms with E-state index in [-0.39, 0.29) is 13.1 Å². The third-order valence-electron chi connectivity index (χ3n) is 4.15. The molecule has 3 heterocycles. The summed E-state index contributed by atoms with van der Waals surface area (Å²) in [6.45, 7) is 0.291. The van der Waals surface area contributed by atoms with Gasteiger partial charge in [-0.25, -0.2) is 22.2 Å². The molecule has 2 aromatic heterocycles. The summed E-state index contributed by atoms with van der Waals surface area (Å²) in [5.74, 6) is -1.91.